The molecule has 0 radical (unpaired) electrons. The fourth-order valence-corrected chi connectivity index (χ4v) is 3.18. The van der Waals surface area contributed by atoms with E-state index in [9.17, 15) is 4.79 Å². The van der Waals surface area contributed by atoms with Crippen LogP contribution in [0.1, 0.15) is 39.5 Å². The van der Waals surface area contributed by atoms with Crippen molar-refractivity contribution in [2.24, 2.45) is 5.92 Å². The zero-order valence-electron chi connectivity index (χ0n) is 12.8. The minimum Gasteiger partial charge on any atom is -0.450 e. The van der Waals surface area contributed by atoms with Gasteiger partial charge in [0.15, 0.2) is 0 Å². The number of hydrogen-bond acceptors (Lipinski definition) is 4. The third-order valence-electron chi connectivity index (χ3n) is 4.44. The third-order valence-corrected chi connectivity index (χ3v) is 4.44. The van der Waals surface area contributed by atoms with Gasteiger partial charge in [0.1, 0.15) is 0 Å². The molecule has 0 saturated carbocycles. The molecule has 5 nitrogen and oxygen atoms in total. The average molecular weight is 284 g/mol. The van der Waals surface area contributed by atoms with E-state index in [2.05, 4.69) is 12.2 Å². The molecule has 0 aromatic heterocycles. The van der Waals surface area contributed by atoms with Crippen molar-refractivity contribution in [3.05, 3.63) is 0 Å². The lowest BCUT2D eigenvalue weighted by Crippen LogP contribution is -2.46. The van der Waals surface area contributed by atoms with Gasteiger partial charge in [-0.1, -0.05) is 6.92 Å². The Bertz CT molecular complexity index is 303. The number of piperidine rings is 1. The predicted octanol–water partition coefficient (Wildman–Crippen LogP) is 2.01. The SMILES string of the molecule is CCOC(=O)N1CCC(NCC2CCOC2CC)CC1. The Balaban J connectivity index is 1.65. The molecule has 1 amide bonds. The molecule has 5 heteroatoms. The minimum atomic E-state index is -0.166. The fourth-order valence-electron chi connectivity index (χ4n) is 3.18. The van der Waals surface area contributed by atoms with Crippen LogP contribution in [0, 0.1) is 5.92 Å². The number of hydrogen-bond donors (Lipinski definition) is 1. The van der Waals surface area contributed by atoms with Crippen molar-refractivity contribution in [3.8, 4) is 0 Å². The number of carbonyl (C=O) groups is 1. The molecule has 2 aliphatic heterocycles. The first-order chi connectivity index (χ1) is 9.74. The molecular formula is C15H28N2O3. The van der Waals surface area contributed by atoms with Crippen molar-refractivity contribution in [2.75, 3.05) is 32.8 Å². The molecule has 20 heavy (non-hydrogen) atoms. The van der Waals surface area contributed by atoms with Crippen LogP contribution in [-0.4, -0.2) is 56.0 Å². The highest BCUT2D eigenvalue weighted by atomic mass is 16.6. The summed E-state index contributed by atoms with van der Waals surface area (Å²) in [5.41, 5.74) is 0. The summed E-state index contributed by atoms with van der Waals surface area (Å²) in [4.78, 5) is 13.4. The van der Waals surface area contributed by atoms with Gasteiger partial charge >= 0.3 is 6.09 Å². The summed E-state index contributed by atoms with van der Waals surface area (Å²) in [6.07, 6.45) is 4.58. The third kappa shape index (κ3) is 4.09. The van der Waals surface area contributed by atoms with Gasteiger partial charge in [-0.15, -0.1) is 0 Å². The Labute approximate surface area is 122 Å². The highest BCUT2D eigenvalue weighted by Crippen LogP contribution is 2.23. The summed E-state index contributed by atoms with van der Waals surface area (Å²) in [5.74, 6) is 0.656. The summed E-state index contributed by atoms with van der Waals surface area (Å²) < 4.78 is 10.8. The first kappa shape index (κ1) is 15.6. The number of ether oxygens (including phenoxy) is 2. The second-order valence-corrected chi connectivity index (χ2v) is 5.73. The van der Waals surface area contributed by atoms with E-state index >= 15 is 0 Å². The Morgan fingerprint density at radius 3 is 2.70 bits per heavy atom. The Kier molecular flexibility index (Phi) is 6.10. The van der Waals surface area contributed by atoms with Gasteiger partial charge in [0.2, 0.25) is 0 Å². The maximum Gasteiger partial charge on any atom is 0.409 e. The first-order valence-corrected chi connectivity index (χ1v) is 8.01. The van der Waals surface area contributed by atoms with E-state index in [1.54, 1.807) is 0 Å². The fraction of sp³-hybridized carbons (Fsp3) is 0.933. The highest BCUT2D eigenvalue weighted by molar-refractivity contribution is 5.67. The van der Waals surface area contributed by atoms with Crippen molar-refractivity contribution in [3.63, 3.8) is 0 Å². The molecule has 2 unspecified atom stereocenters. The minimum absolute atomic E-state index is 0.166. The van der Waals surface area contributed by atoms with Crippen molar-refractivity contribution < 1.29 is 14.3 Å². The standard InChI is InChI=1S/C15H28N2O3/c1-3-14-12(7-10-20-14)11-16-13-5-8-17(9-6-13)15(18)19-4-2/h12-14,16H,3-11H2,1-2H3. The van der Waals surface area contributed by atoms with E-state index in [1.165, 1.54) is 6.42 Å². The maximum absolute atomic E-state index is 11.6. The molecule has 0 aliphatic carbocycles. The van der Waals surface area contributed by atoms with Crippen molar-refractivity contribution in [2.45, 2.75) is 51.7 Å². The number of carbonyl (C=O) groups excluding carboxylic acids is 1. The van der Waals surface area contributed by atoms with Gasteiger partial charge in [0, 0.05) is 32.3 Å². The Morgan fingerprint density at radius 1 is 1.30 bits per heavy atom. The van der Waals surface area contributed by atoms with E-state index in [0.29, 0.717) is 24.7 Å². The number of amides is 1. The maximum atomic E-state index is 11.6. The van der Waals surface area contributed by atoms with Crippen LogP contribution in [0.2, 0.25) is 0 Å². The second kappa shape index (κ2) is 7.84. The molecule has 2 rings (SSSR count). The van der Waals surface area contributed by atoms with E-state index in [0.717, 1.165) is 45.5 Å². The normalized spacial score (nSPS) is 27.8. The number of nitrogens with one attached hydrogen (secondary N) is 1. The second-order valence-electron chi connectivity index (χ2n) is 5.73. The van der Waals surface area contributed by atoms with Gasteiger partial charge < -0.3 is 19.7 Å². The van der Waals surface area contributed by atoms with Crippen LogP contribution in [0.25, 0.3) is 0 Å². The number of likely N-dealkylation sites (tertiary alicyclic amines) is 1. The molecule has 2 saturated heterocycles. The number of nitrogens with zero attached hydrogens (tertiary/aromatic N) is 1. The zero-order chi connectivity index (χ0) is 14.4. The van der Waals surface area contributed by atoms with Crippen LogP contribution in [0.15, 0.2) is 0 Å². The van der Waals surface area contributed by atoms with Gasteiger partial charge in [-0.2, -0.15) is 0 Å². The van der Waals surface area contributed by atoms with Gasteiger partial charge in [0.25, 0.3) is 0 Å². The lowest BCUT2D eigenvalue weighted by molar-refractivity contribution is 0.0832. The molecule has 116 valence electrons. The Hall–Kier alpha value is -0.810. The highest BCUT2D eigenvalue weighted by Gasteiger charge is 2.28. The largest absolute Gasteiger partial charge is 0.450 e. The molecule has 2 fully saturated rings. The summed E-state index contributed by atoms with van der Waals surface area (Å²) >= 11 is 0. The molecule has 2 atom stereocenters. The molecular weight excluding hydrogens is 256 g/mol. The van der Waals surface area contributed by atoms with Crippen LogP contribution < -0.4 is 5.32 Å². The zero-order valence-corrected chi connectivity index (χ0v) is 12.8. The van der Waals surface area contributed by atoms with E-state index < -0.39 is 0 Å². The van der Waals surface area contributed by atoms with Gasteiger partial charge in [-0.05, 0) is 38.5 Å². The van der Waals surface area contributed by atoms with Crippen molar-refractivity contribution in [1.82, 2.24) is 10.2 Å². The lowest BCUT2D eigenvalue weighted by atomic mass is 9.98. The van der Waals surface area contributed by atoms with Crippen LogP contribution in [0.3, 0.4) is 0 Å². The van der Waals surface area contributed by atoms with Gasteiger partial charge in [-0.25, -0.2) is 4.79 Å². The van der Waals surface area contributed by atoms with Crippen molar-refractivity contribution >= 4 is 6.09 Å². The predicted molar refractivity (Wildman–Crippen MR) is 77.8 cm³/mol. The summed E-state index contributed by atoms with van der Waals surface area (Å²) in [5, 5.41) is 3.66. The molecule has 0 spiro atoms. The molecule has 1 N–H and O–H groups in total. The van der Waals surface area contributed by atoms with Crippen LogP contribution in [0.5, 0.6) is 0 Å². The quantitative estimate of drug-likeness (QED) is 0.839. The van der Waals surface area contributed by atoms with Crippen LogP contribution >= 0.6 is 0 Å². The topological polar surface area (TPSA) is 50.8 Å². The summed E-state index contributed by atoms with van der Waals surface area (Å²) in [6, 6.07) is 0.527. The lowest BCUT2D eigenvalue weighted by Gasteiger charge is -2.32. The average Bonchev–Trinajstić information content (AvgIpc) is 2.93. The van der Waals surface area contributed by atoms with E-state index in [-0.39, 0.29) is 6.09 Å². The molecule has 0 bridgehead atoms. The monoisotopic (exact) mass is 284 g/mol. The van der Waals surface area contributed by atoms with Gasteiger partial charge in [-0.3, -0.25) is 0 Å². The van der Waals surface area contributed by atoms with Gasteiger partial charge in [0.05, 0.1) is 12.7 Å². The molecule has 0 aromatic rings. The molecule has 2 aliphatic rings. The van der Waals surface area contributed by atoms with Crippen LogP contribution in [0.4, 0.5) is 4.79 Å². The van der Waals surface area contributed by atoms with Crippen LogP contribution in [-0.2, 0) is 9.47 Å². The summed E-state index contributed by atoms with van der Waals surface area (Å²) in [6.45, 7) is 8.05. The smallest absolute Gasteiger partial charge is 0.409 e. The summed E-state index contributed by atoms with van der Waals surface area (Å²) in [7, 11) is 0. The molecule has 2 heterocycles. The Morgan fingerprint density at radius 2 is 2.05 bits per heavy atom. The van der Waals surface area contributed by atoms with Crippen molar-refractivity contribution in [1.29, 1.82) is 0 Å². The van der Waals surface area contributed by atoms with E-state index in [1.807, 2.05) is 11.8 Å². The number of rotatable bonds is 5. The molecule has 0 aromatic carbocycles. The van der Waals surface area contributed by atoms with E-state index in [4.69, 9.17) is 9.47 Å². The first-order valence-electron chi connectivity index (χ1n) is 8.01.